The van der Waals surface area contributed by atoms with Crippen molar-refractivity contribution in [1.29, 1.82) is 0 Å². The summed E-state index contributed by atoms with van der Waals surface area (Å²) < 4.78 is 1.85. The second-order valence-electron chi connectivity index (χ2n) is 6.18. The van der Waals surface area contributed by atoms with E-state index in [-0.39, 0.29) is 5.76 Å². The van der Waals surface area contributed by atoms with Crippen LogP contribution in [0.2, 0.25) is 0 Å². The Balaban J connectivity index is 2.76. The van der Waals surface area contributed by atoms with Crippen molar-refractivity contribution in [2.75, 3.05) is 7.05 Å². The zero-order valence-electron chi connectivity index (χ0n) is 15.2. The van der Waals surface area contributed by atoms with E-state index in [4.69, 9.17) is 12.2 Å². The molecule has 24 heavy (non-hydrogen) atoms. The summed E-state index contributed by atoms with van der Waals surface area (Å²) in [6, 6.07) is 6.01. The van der Waals surface area contributed by atoms with Crippen molar-refractivity contribution in [3.05, 3.63) is 64.0 Å². The van der Waals surface area contributed by atoms with Gasteiger partial charge in [0.15, 0.2) is 23.1 Å². The van der Waals surface area contributed by atoms with Crippen molar-refractivity contribution in [1.82, 2.24) is 5.32 Å². The summed E-state index contributed by atoms with van der Waals surface area (Å²) in [4.78, 5) is 0.497. The molecule has 2 aromatic rings. The van der Waals surface area contributed by atoms with Crippen molar-refractivity contribution in [3.8, 4) is 0 Å². The van der Waals surface area contributed by atoms with Crippen LogP contribution in [-0.4, -0.2) is 17.1 Å². The Kier molecular flexibility index (Phi) is 5.40. The molecule has 0 radical (unpaired) electrons. The monoisotopic (exact) mass is 341 g/mol. The lowest BCUT2D eigenvalue weighted by atomic mass is 9.93. The van der Waals surface area contributed by atoms with Crippen molar-refractivity contribution in [3.63, 3.8) is 0 Å². The molecule has 0 atom stereocenters. The van der Waals surface area contributed by atoms with Crippen LogP contribution in [0.1, 0.15) is 33.4 Å². The summed E-state index contributed by atoms with van der Waals surface area (Å²) in [5, 5.41) is 14.0. The standard InChI is InChI=1S/C20H24N2OS/c1-12-7-9-22(10-8-12)18(20(24)21-6)19(23)17-11-13(2)14(3)15(4)16(17)5/h7-11H,1-6H3,(H-,21,23,24)/p+1. The molecule has 0 saturated heterocycles. The lowest BCUT2D eigenvalue weighted by molar-refractivity contribution is -0.576. The largest absolute Gasteiger partial charge is 0.502 e. The third-order valence-electron chi connectivity index (χ3n) is 4.66. The van der Waals surface area contributed by atoms with Crippen LogP contribution < -0.4 is 9.88 Å². The fraction of sp³-hybridized carbons (Fsp3) is 0.300. The maximum absolute atomic E-state index is 11.1. The summed E-state index contributed by atoms with van der Waals surface area (Å²) in [5.41, 5.74) is 7.22. The summed E-state index contributed by atoms with van der Waals surface area (Å²) in [6.07, 6.45) is 3.82. The van der Waals surface area contributed by atoms with Crippen molar-refractivity contribution in [2.24, 2.45) is 0 Å². The van der Waals surface area contributed by atoms with Gasteiger partial charge in [0.05, 0.1) is 0 Å². The Morgan fingerprint density at radius 2 is 1.58 bits per heavy atom. The molecule has 3 nitrogen and oxygen atoms in total. The van der Waals surface area contributed by atoms with Gasteiger partial charge >= 0.3 is 0 Å². The number of aryl methyl sites for hydroxylation is 2. The first-order chi connectivity index (χ1) is 11.3. The van der Waals surface area contributed by atoms with Gasteiger partial charge in [0.2, 0.25) is 0 Å². The number of hydrogen-bond acceptors (Lipinski definition) is 2. The molecule has 0 amide bonds. The van der Waals surface area contributed by atoms with Crippen LogP contribution in [0.3, 0.4) is 0 Å². The third kappa shape index (κ3) is 3.34. The fourth-order valence-corrected chi connectivity index (χ4v) is 2.90. The molecule has 0 unspecified atom stereocenters. The molecule has 1 aromatic heterocycles. The number of aliphatic hydroxyl groups excluding tert-OH is 1. The first-order valence-electron chi connectivity index (χ1n) is 7.99. The highest BCUT2D eigenvalue weighted by molar-refractivity contribution is 7.81. The SMILES string of the molecule is CNC(=S)C(=C(O)c1cc(C)c(C)c(C)c1C)[n+]1ccc(C)cc1. The van der Waals surface area contributed by atoms with Gasteiger partial charge in [-0.1, -0.05) is 12.2 Å². The van der Waals surface area contributed by atoms with Gasteiger partial charge in [0.25, 0.3) is 5.70 Å². The van der Waals surface area contributed by atoms with Gasteiger partial charge in [0.1, 0.15) is 0 Å². The van der Waals surface area contributed by atoms with Crippen LogP contribution in [0.5, 0.6) is 0 Å². The lowest BCUT2D eigenvalue weighted by Gasteiger charge is -2.15. The molecule has 2 rings (SSSR count). The van der Waals surface area contributed by atoms with Crippen LogP contribution >= 0.6 is 12.2 Å². The highest BCUT2D eigenvalue weighted by atomic mass is 32.1. The van der Waals surface area contributed by atoms with Crippen molar-refractivity contribution >= 4 is 28.7 Å². The summed E-state index contributed by atoms with van der Waals surface area (Å²) in [6.45, 7) is 10.3. The number of nitrogens with zero attached hydrogens (tertiary/aromatic N) is 1. The van der Waals surface area contributed by atoms with Crippen molar-refractivity contribution < 1.29 is 9.67 Å². The molecule has 0 spiro atoms. The van der Waals surface area contributed by atoms with Crippen LogP contribution in [0.4, 0.5) is 0 Å². The highest BCUT2D eigenvalue weighted by Gasteiger charge is 2.24. The maximum atomic E-state index is 11.1. The molecular weight excluding hydrogens is 316 g/mol. The van der Waals surface area contributed by atoms with Gasteiger partial charge in [0, 0.05) is 24.7 Å². The smallest absolute Gasteiger partial charge is 0.287 e. The van der Waals surface area contributed by atoms with Crippen molar-refractivity contribution in [2.45, 2.75) is 34.6 Å². The molecule has 0 saturated carbocycles. The van der Waals surface area contributed by atoms with Gasteiger partial charge in [-0.3, -0.25) is 0 Å². The molecule has 1 aromatic carbocycles. The summed E-state index contributed by atoms with van der Waals surface area (Å²) in [5.74, 6) is 0.187. The summed E-state index contributed by atoms with van der Waals surface area (Å²) in [7, 11) is 1.77. The molecular formula is C20H25N2OS+. The molecule has 4 heteroatoms. The van der Waals surface area contributed by atoms with E-state index in [0.717, 1.165) is 22.3 Å². The first kappa shape index (κ1) is 18.1. The predicted molar refractivity (Wildman–Crippen MR) is 104 cm³/mol. The topological polar surface area (TPSA) is 36.1 Å². The minimum atomic E-state index is 0.187. The second-order valence-corrected chi connectivity index (χ2v) is 6.58. The van der Waals surface area contributed by atoms with Gasteiger partial charge in [-0.15, -0.1) is 0 Å². The zero-order chi connectivity index (χ0) is 18.0. The Bertz CT molecular complexity index is 821. The van der Waals surface area contributed by atoms with E-state index in [1.54, 1.807) is 7.05 Å². The molecule has 0 aliphatic carbocycles. The third-order valence-corrected chi connectivity index (χ3v) is 5.05. The van der Waals surface area contributed by atoms with E-state index in [1.807, 2.05) is 49.0 Å². The van der Waals surface area contributed by atoms with Gasteiger partial charge in [-0.2, -0.15) is 4.57 Å². The van der Waals surface area contributed by atoms with Crippen LogP contribution in [0.25, 0.3) is 11.5 Å². The maximum Gasteiger partial charge on any atom is 0.287 e. The molecule has 0 fully saturated rings. The number of pyridine rings is 1. The first-order valence-corrected chi connectivity index (χ1v) is 8.40. The average molecular weight is 342 g/mol. The summed E-state index contributed by atoms with van der Waals surface area (Å²) >= 11 is 5.45. The average Bonchev–Trinajstić information content (AvgIpc) is 2.57. The molecule has 0 bridgehead atoms. The number of aromatic nitrogens is 1. The van der Waals surface area contributed by atoms with E-state index in [2.05, 4.69) is 26.1 Å². The molecule has 1 heterocycles. The van der Waals surface area contributed by atoms with Crippen LogP contribution in [0.15, 0.2) is 30.6 Å². The quantitative estimate of drug-likeness (QED) is 0.384. The Morgan fingerprint density at radius 1 is 1.00 bits per heavy atom. The zero-order valence-corrected chi connectivity index (χ0v) is 16.0. The van der Waals surface area contributed by atoms with Gasteiger partial charge in [-0.05, 0) is 68.5 Å². The number of hydrogen-bond donors (Lipinski definition) is 2. The number of thiocarbonyl (C=S) groups is 1. The molecule has 0 aliphatic heterocycles. The van der Waals surface area contributed by atoms with E-state index in [9.17, 15) is 5.11 Å². The normalized spacial score (nSPS) is 11.9. The van der Waals surface area contributed by atoms with Gasteiger partial charge in [-0.25, -0.2) is 0 Å². The fourth-order valence-electron chi connectivity index (χ4n) is 2.70. The van der Waals surface area contributed by atoms with E-state index in [0.29, 0.717) is 10.7 Å². The van der Waals surface area contributed by atoms with E-state index >= 15 is 0 Å². The Hall–Kier alpha value is -2.20. The minimum absolute atomic E-state index is 0.187. The van der Waals surface area contributed by atoms with E-state index in [1.165, 1.54) is 11.1 Å². The second kappa shape index (κ2) is 7.14. The van der Waals surface area contributed by atoms with Gasteiger partial charge < -0.3 is 10.4 Å². The molecule has 2 N–H and O–H groups in total. The number of likely N-dealkylation sites (N-methyl/N-ethyl adjacent to an activating group) is 1. The van der Waals surface area contributed by atoms with Crippen LogP contribution in [-0.2, 0) is 0 Å². The highest BCUT2D eigenvalue weighted by Crippen LogP contribution is 2.27. The Morgan fingerprint density at radius 3 is 2.12 bits per heavy atom. The lowest BCUT2D eigenvalue weighted by Crippen LogP contribution is -2.40. The van der Waals surface area contributed by atoms with Crippen LogP contribution in [0, 0.1) is 34.6 Å². The number of nitrogens with one attached hydrogen (secondary N) is 1. The number of rotatable bonds is 3. The minimum Gasteiger partial charge on any atom is -0.502 e. The molecule has 126 valence electrons. The predicted octanol–water partition coefficient (Wildman–Crippen LogP) is 3.95. The number of benzene rings is 1. The number of aliphatic hydroxyl groups is 1. The Labute approximate surface area is 149 Å². The van der Waals surface area contributed by atoms with E-state index < -0.39 is 0 Å². The molecule has 0 aliphatic rings.